The van der Waals surface area contributed by atoms with Gasteiger partial charge in [0.05, 0.1) is 10.5 Å². The number of hydrogen-bond acceptors (Lipinski definition) is 5. The predicted molar refractivity (Wildman–Crippen MR) is 77.4 cm³/mol. The zero-order valence-electron chi connectivity index (χ0n) is 11.6. The van der Waals surface area contributed by atoms with E-state index in [1.807, 2.05) is 20.8 Å². The topological polar surface area (TPSA) is 94.9 Å². The van der Waals surface area contributed by atoms with Crippen LogP contribution in [0.2, 0.25) is 0 Å². The van der Waals surface area contributed by atoms with Gasteiger partial charge in [-0.25, -0.2) is 9.97 Å². The molecule has 20 heavy (non-hydrogen) atoms. The molecule has 0 aliphatic heterocycles. The van der Waals surface area contributed by atoms with E-state index < -0.39 is 4.92 Å². The monoisotopic (exact) mass is 272 g/mol. The highest BCUT2D eigenvalue weighted by atomic mass is 16.6. The molecule has 0 amide bonds. The Bertz CT molecular complexity index is 645. The molecule has 0 bridgehead atoms. The minimum absolute atomic E-state index is 0.0244. The maximum Gasteiger partial charge on any atom is 0.280 e. The van der Waals surface area contributed by atoms with E-state index >= 15 is 0 Å². The van der Waals surface area contributed by atoms with E-state index in [4.69, 9.17) is 5.73 Å². The minimum Gasteiger partial charge on any atom is -0.383 e. The van der Waals surface area contributed by atoms with Gasteiger partial charge in [0.2, 0.25) is 0 Å². The third-order valence-electron chi connectivity index (χ3n) is 3.08. The van der Waals surface area contributed by atoms with Crippen molar-refractivity contribution in [1.29, 1.82) is 0 Å². The summed E-state index contributed by atoms with van der Waals surface area (Å²) in [7, 11) is 0. The molecule has 104 valence electrons. The quantitative estimate of drug-likeness (QED) is 0.684. The van der Waals surface area contributed by atoms with Crippen molar-refractivity contribution >= 4 is 11.5 Å². The lowest BCUT2D eigenvalue weighted by molar-refractivity contribution is -0.384. The molecule has 6 heteroatoms. The molecule has 0 unspecified atom stereocenters. The van der Waals surface area contributed by atoms with Crippen molar-refractivity contribution in [2.45, 2.75) is 26.7 Å². The summed E-state index contributed by atoms with van der Waals surface area (Å²) in [6.45, 7) is 5.85. The maximum absolute atomic E-state index is 11.1. The highest BCUT2D eigenvalue weighted by Crippen LogP contribution is 2.30. The number of nitro benzene ring substituents is 1. The van der Waals surface area contributed by atoms with Crippen LogP contribution in [-0.2, 0) is 0 Å². The van der Waals surface area contributed by atoms with Crippen LogP contribution in [0.25, 0.3) is 11.4 Å². The number of benzene rings is 1. The molecule has 1 aromatic carbocycles. The summed E-state index contributed by atoms with van der Waals surface area (Å²) in [5.74, 6) is 0.868. The fourth-order valence-corrected chi connectivity index (χ4v) is 2.26. The normalized spacial score (nSPS) is 10.8. The SMILES string of the molecule is Cc1nc(-c2ccccc2[N+](=O)[O-])nc(N)c1C(C)C. The number of nitrogen functional groups attached to an aromatic ring is 1. The molecule has 0 saturated carbocycles. The van der Waals surface area contributed by atoms with Crippen molar-refractivity contribution in [2.75, 3.05) is 5.73 Å². The van der Waals surface area contributed by atoms with Crippen molar-refractivity contribution in [3.05, 3.63) is 45.6 Å². The van der Waals surface area contributed by atoms with Gasteiger partial charge in [-0.2, -0.15) is 0 Å². The number of hydrogen-bond donors (Lipinski definition) is 1. The summed E-state index contributed by atoms with van der Waals surface area (Å²) >= 11 is 0. The van der Waals surface area contributed by atoms with Gasteiger partial charge in [-0.15, -0.1) is 0 Å². The molecule has 0 fully saturated rings. The smallest absolute Gasteiger partial charge is 0.280 e. The predicted octanol–water partition coefficient (Wildman–Crippen LogP) is 3.07. The van der Waals surface area contributed by atoms with Crippen LogP contribution in [0, 0.1) is 17.0 Å². The van der Waals surface area contributed by atoms with Crippen molar-refractivity contribution < 1.29 is 4.92 Å². The number of anilines is 1. The van der Waals surface area contributed by atoms with Crippen molar-refractivity contribution in [1.82, 2.24) is 9.97 Å². The Morgan fingerprint density at radius 2 is 1.90 bits per heavy atom. The van der Waals surface area contributed by atoms with Gasteiger partial charge in [-0.1, -0.05) is 26.0 Å². The summed E-state index contributed by atoms with van der Waals surface area (Å²) in [6, 6.07) is 6.38. The first-order valence-electron chi connectivity index (χ1n) is 6.29. The van der Waals surface area contributed by atoms with Crippen LogP contribution in [0.15, 0.2) is 24.3 Å². The van der Waals surface area contributed by atoms with Gasteiger partial charge in [0.15, 0.2) is 5.82 Å². The van der Waals surface area contributed by atoms with Gasteiger partial charge >= 0.3 is 0 Å². The van der Waals surface area contributed by atoms with Crippen LogP contribution in [0.3, 0.4) is 0 Å². The zero-order chi connectivity index (χ0) is 14.9. The third kappa shape index (κ3) is 2.45. The van der Waals surface area contributed by atoms with E-state index in [1.165, 1.54) is 6.07 Å². The maximum atomic E-state index is 11.1. The molecular weight excluding hydrogens is 256 g/mol. The number of nitrogens with zero attached hydrogens (tertiary/aromatic N) is 3. The van der Waals surface area contributed by atoms with E-state index in [0.29, 0.717) is 11.4 Å². The Kier molecular flexibility index (Phi) is 3.65. The molecule has 0 atom stereocenters. The van der Waals surface area contributed by atoms with E-state index in [0.717, 1.165) is 11.3 Å². The molecule has 6 nitrogen and oxygen atoms in total. The first kappa shape index (κ1) is 13.9. The molecule has 2 rings (SSSR count). The number of aromatic nitrogens is 2. The van der Waals surface area contributed by atoms with Gasteiger partial charge in [0, 0.05) is 17.3 Å². The average Bonchev–Trinajstić information content (AvgIpc) is 2.37. The van der Waals surface area contributed by atoms with Crippen LogP contribution in [0.4, 0.5) is 11.5 Å². The lowest BCUT2D eigenvalue weighted by atomic mass is 10.0. The summed E-state index contributed by atoms with van der Waals surface area (Å²) in [5.41, 5.74) is 7.95. The fraction of sp³-hybridized carbons (Fsp3) is 0.286. The third-order valence-corrected chi connectivity index (χ3v) is 3.08. The second-order valence-electron chi connectivity index (χ2n) is 4.86. The number of aryl methyl sites for hydroxylation is 1. The van der Waals surface area contributed by atoms with E-state index in [2.05, 4.69) is 9.97 Å². The van der Waals surface area contributed by atoms with Gasteiger partial charge in [0.25, 0.3) is 5.69 Å². The van der Waals surface area contributed by atoms with Crippen LogP contribution >= 0.6 is 0 Å². The number of nitro groups is 1. The molecule has 1 heterocycles. The van der Waals surface area contributed by atoms with Gasteiger partial charge in [0.1, 0.15) is 5.82 Å². The first-order chi connectivity index (χ1) is 9.41. The van der Waals surface area contributed by atoms with Crippen LogP contribution < -0.4 is 5.73 Å². The van der Waals surface area contributed by atoms with Crippen molar-refractivity contribution in [3.63, 3.8) is 0 Å². The Morgan fingerprint density at radius 1 is 1.25 bits per heavy atom. The first-order valence-corrected chi connectivity index (χ1v) is 6.29. The van der Waals surface area contributed by atoms with Gasteiger partial charge < -0.3 is 5.73 Å². The summed E-state index contributed by atoms with van der Waals surface area (Å²) in [4.78, 5) is 19.2. The van der Waals surface area contributed by atoms with Crippen molar-refractivity contribution in [3.8, 4) is 11.4 Å². The molecule has 0 radical (unpaired) electrons. The highest BCUT2D eigenvalue weighted by Gasteiger charge is 2.19. The molecule has 2 N–H and O–H groups in total. The Morgan fingerprint density at radius 3 is 2.45 bits per heavy atom. The van der Waals surface area contributed by atoms with Crippen LogP contribution in [0.5, 0.6) is 0 Å². The van der Waals surface area contributed by atoms with E-state index in [9.17, 15) is 10.1 Å². The van der Waals surface area contributed by atoms with E-state index in [-0.39, 0.29) is 17.4 Å². The zero-order valence-corrected chi connectivity index (χ0v) is 11.6. The number of rotatable bonds is 3. The summed E-state index contributed by atoms with van der Waals surface area (Å²) < 4.78 is 0. The Balaban J connectivity index is 2.64. The lowest BCUT2D eigenvalue weighted by Crippen LogP contribution is -2.07. The lowest BCUT2D eigenvalue weighted by Gasteiger charge is -2.13. The average molecular weight is 272 g/mol. The molecule has 1 aromatic heterocycles. The second-order valence-corrected chi connectivity index (χ2v) is 4.86. The fourth-order valence-electron chi connectivity index (χ4n) is 2.26. The highest BCUT2D eigenvalue weighted by molar-refractivity contribution is 5.69. The minimum atomic E-state index is -0.444. The van der Waals surface area contributed by atoms with Gasteiger partial charge in [-0.05, 0) is 18.9 Å². The molecule has 0 aliphatic rings. The Labute approximate surface area is 116 Å². The molecule has 0 spiro atoms. The van der Waals surface area contributed by atoms with Gasteiger partial charge in [-0.3, -0.25) is 10.1 Å². The number of para-hydroxylation sites is 1. The van der Waals surface area contributed by atoms with Crippen LogP contribution in [0.1, 0.15) is 31.0 Å². The molecular formula is C14H16N4O2. The number of nitrogens with two attached hydrogens (primary N) is 1. The summed E-state index contributed by atoms with van der Waals surface area (Å²) in [6.07, 6.45) is 0. The molecule has 0 saturated heterocycles. The summed E-state index contributed by atoms with van der Waals surface area (Å²) in [5, 5.41) is 11.1. The Hall–Kier alpha value is -2.50. The van der Waals surface area contributed by atoms with E-state index in [1.54, 1.807) is 18.2 Å². The molecule has 0 aliphatic carbocycles. The molecule has 2 aromatic rings. The van der Waals surface area contributed by atoms with Crippen LogP contribution in [-0.4, -0.2) is 14.9 Å². The van der Waals surface area contributed by atoms with Crippen molar-refractivity contribution in [2.24, 2.45) is 0 Å². The largest absolute Gasteiger partial charge is 0.383 e. The standard InChI is InChI=1S/C14H16N4O2/c1-8(2)12-9(3)16-14(17-13(12)15)10-6-4-5-7-11(10)18(19)20/h4-8H,1-3H3,(H2,15,16,17). The second kappa shape index (κ2) is 5.24.